The number of hydrogen-bond acceptors (Lipinski definition) is 4. The predicted molar refractivity (Wildman–Crippen MR) is 80.5 cm³/mol. The van der Waals surface area contributed by atoms with Gasteiger partial charge in [-0.2, -0.15) is 0 Å². The molecule has 0 aliphatic carbocycles. The summed E-state index contributed by atoms with van der Waals surface area (Å²) in [6.45, 7) is 0.776. The average molecular weight is 320 g/mol. The molecule has 1 atom stereocenters. The van der Waals surface area contributed by atoms with Crippen molar-refractivity contribution in [2.24, 2.45) is 11.1 Å². The van der Waals surface area contributed by atoms with E-state index in [0.717, 1.165) is 18.7 Å². The van der Waals surface area contributed by atoms with Crippen molar-refractivity contribution in [3.05, 3.63) is 42.5 Å². The first kappa shape index (κ1) is 14.7. The normalized spacial score (nSPS) is 17.8. The minimum Gasteiger partial charge on any atom is -0.335 e. The highest BCUT2D eigenvalue weighted by Crippen LogP contribution is 2.22. The molecule has 2 heterocycles. The molecule has 0 saturated heterocycles. The Hall–Kier alpha value is -2.19. The maximum atomic E-state index is 12.3. The molecule has 0 radical (unpaired) electrons. The maximum Gasteiger partial charge on any atom is 0.238 e. The molecular formula is C14H16N4O3S. The van der Waals surface area contributed by atoms with Gasteiger partial charge < -0.3 is 9.88 Å². The molecule has 7 nitrogen and oxygen atoms in total. The monoisotopic (exact) mass is 320 g/mol. The van der Waals surface area contributed by atoms with Gasteiger partial charge in [-0.05, 0) is 30.7 Å². The van der Waals surface area contributed by atoms with Gasteiger partial charge in [0.2, 0.25) is 15.9 Å². The molecule has 1 unspecified atom stereocenters. The molecule has 3 N–H and O–H groups in total. The number of sulfonamides is 1. The number of nitrogens with two attached hydrogens (primary N) is 1. The van der Waals surface area contributed by atoms with E-state index in [4.69, 9.17) is 5.14 Å². The second kappa shape index (κ2) is 5.54. The first-order valence-corrected chi connectivity index (χ1v) is 8.41. The van der Waals surface area contributed by atoms with E-state index < -0.39 is 10.0 Å². The van der Waals surface area contributed by atoms with E-state index in [0.29, 0.717) is 12.1 Å². The van der Waals surface area contributed by atoms with Gasteiger partial charge in [0.25, 0.3) is 0 Å². The number of nitrogens with one attached hydrogen (secondary N) is 1. The molecule has 1 aromatic carbocycles. The Morgan fingerprint density at radius 1 is 1.32 bits per heavy atom. The molecule has 1 aliphatic rings. The quantitative estimate of drug-likeness (QED) is 0.869. The summed E-state index contributed by atoms with van der Waals surface area (Å²) < 4.78 is 24.4. The van der Waals surface area contributed by atoms with E-state index in [-0.39, 0.29) is 16.7 Å². The third-order valence-corrected chi connectivity index (χ3v) is 4.72. The van der Waals surface area contributed by atoms with Crippen molar-refractivity contribution in [1.29, 1.82) is 0 Å². The second-order valence-corrected chi connectivity index (χ2v) is 6.89. The SMILES string of the molecule is NS(=O)(=O)c1ccc(NC(=O)C2CCn3cncc3C2)cc1. The Balaban J connectivity index is 1.67. The number of anilines is 1. The lowest BCUT2D eigenvalue weighted by Gasteiger charge is -2.23. The number of carbonyl (C=O) groups is 1. The van der Waals surface area contributed by atoms with Crippen molar-refractivity contribution < 1.29 is 13.2 Å². The smallest absolute Gasteiger partial charge is 0.238 e. The maximum absolute atomic E-state index is 12.3. The van der Waals surface area contributed by atoms with E-state index in [2.05, 4.69) is 10.3 Å². The summed E-state index contributed by atoms with van der Waals surface area (Å²) in [5.74, 6) is -0.182. The van der Waals surface area contributed by atoms with Crippen LogP contribution < -0.4 is 10.5 Å². The lowest BCUT2D eigenvalue weighted by molar-refractivity contribution is -0.120. The Bertz CT molecular complexity index is 796. The number of nitrogens with zero attached hydrogens (tertiary/aromatic N) is 2. The zero-order valence-corrected chi connectivity index (χ0v) is 12.6. The number of benzene rings is 1. The van der Waals surface area contributed by atoms with E-state index in [9.17, 15) is 13.2 Å². The second-order valence-electron chi connectivity index (χ2n) is 5.33. The number of fused-ring (bicyclic) bond motifs is 1. The Morgan fingerprint density at radius 3 is 2.73 bits per heavy atom. The van der Waals surface area contributed by atoms with Crippen molar-refractivity contribution >= 4 is 21.6 Å². The fourth-order valence-corrected chi connectivity index (χ4v) is 3.08. The molecule has 3 rings (SSSR count). The standard InChI is InChI=1S/C14H16N4O3S/c15-22(20,21)13-3-1-11(2-4-13)17-14(19)10-5-6-18-9-16-8-12(18)7-10/h1-4,8-10H,5-7H2,(H,17,19)(H2,15,20,21). The summed E-state index contributed by atoms with van der Waals surface area (Å²) in [6, 6.07) is 5.82. The summed E-state index contributed by atoms with van der Waals surface area (Å²) in [7, 11) is -3.72. The highest BCUT2D eigenvalue weighted by molar-refractivity contribution is 7.89. The highest BCUT2D eigenvalue weighted by Gasteiger charge is 2.24. The third-order valence-electron chi connectivity index (χ3n) is 3.79. The van der Waals surface area contributed by atoms with E-state index in [1.807, 2.05) is 4.57 Å². The number of rotatable bonds is 3. The van der Waals surface area contributed by atoms with Gasteiger partial charge in [0, 0.05) is 36.5 Å². The Labute approximate surface area is 128 Å². The highest BCUT2D eigenvalue weighted by atomic mass is 32.2. The van der Waals surface area contributed by atoms with Crippen LogP contribution in [-0.4, -0.2) is 23.9 Å². The van der Waals surface area contributed by atoms with Crippen LogP contribution in [-0.2, 0) is 27.8 Å². The van der Waals surface area contributed by atoms with Crippen LogP contribution in [0.2, 0.25) is 0 Å². The molecule has 0 saturated carbocycles. The molecular weight excluding hydrogens is 304 g/mol. The van der Waals surface area contributed by atoms with E-state index in [1.54, 1.807) is 12.5 Å². The van der Waals surface area contributed by atoms with Crippen molar-refractivity contribution in [1.82, 2.24) is 9.55 Å². The van der Waals surface area contributed by atoms with Crippen LogP contribution in [0.3, 0.4) is 0 Å². The number of hydrogen-bond donors (Lipinski definition) is 2. The van der Waals surface area contributed by atoms with Gasteiger partial charge in [0.15, 0.2) is 0 Å². The lowest BCUT2D eigenvalue weighted by atomic mass is 9.95. The molecule has 2 aromatic rings. The molecule has 8 heteroatoms. The molecule has 1 aliphatic heterocycles. The zero-order chi connectivity index (χ0) is 15.7. The molecule has 0 spiro atoms. The van der Waals surface area contributed by atoms with Gasteiger partial charge in [0.1, 0.15) is 0 Å². The van der Waals surface area contributed by atoms with Gasteiger partial charge in [-0.25, -0.2) is 18.5 Å². The molecule has 22 heavy (non-hydrogen) atoms. The van der Waals surface area contributed by atoms with E-state index in [1.165, 1.54) is 24.3 Å². The lowest BCUT2D eigenvalue weighted by Crippen LogP contribution is -2.29. The minimum absolute atomic E-state index is 0.0204. The molecule has 0 fully saturated rings. The van der Waals surface area contributed by atoms with Gasteiger partial charge >= 0.3 is 0 Å². The Morgan fingerprint density at radius 2 is 2.05 bits per heavy atom. The van der Waals surface area contributed by atoms with Crippen LogP contribution in [0, 0.1) is 5.92 Å². The van der Waals surface area contributed by atoms with Gasteiger partial charge in [-0.1, -0.05) is 0 Å². The Kier molecular flexibility index (Phi) is 3.71. The topological polar surface area (TPSA) is 107 Å². The summed E-state index contributed by atoms with van der Waals surface area (Å²) in [5, 5.41) is 7.85. The summed E-state index contributed by atoms with van der Waals surface area (Å²) >= 11 is 0. The fraction of sp³-hybridized carbons (Fsp3) is 0.286. The number of carbonyl (C=O) groups excluding carboxylic acids is 1. The number of aromatic nitrogens is 2. The van der Waals surface area contributed by atoms with Crippen molar-refractivity contribution in [3.63, 3.8) is 0 Å². The van der Waals surface area contributed by atoms with Crippen molar-refractivity contribution in [2.45, 2.75) is 24.3 Å². The third kappa shape index (κ3) is 3.02. The molecule has 1 amide bonds. The van der Waals surface area contributed by atoms with Gasteiger partial charge in [-0.15, -0.1) is 0 Å². The van der Waals surface area contributed by atoms with Crippen molar-refractivity contribution in [3.8, 4) is 0 Å². The summed E-state index contributed by atoms with van der Waals surface area (Å²) in [4.78, 5) is 16.4. The summed E-state index contributed by atoms with van der Waals surface area (Å²) in [5.41, 5.74) is 1.60. The number of imidazole rings is 1. The number of aryl methyl sites for hydroxylation is 1. The van der Waals surface area contributed by atoms with Gasteiger partial charge in [-0.3, -0.25) is 4.79 Å². The van der Waals surface area contributed by atoms with Crippen LogP contribution in [0.1, 0.15) is 12.1 Å². The minimum atomic E-state index is -3.72. The van der Waals surface area contributed by atoms with Crippen LogP contribution in [0.15, 0.2) is 41.7 Å². The molecule has 116 valence electrons. The van der Waals surface area contributed by atoms with Gasteiger partial charge in [0.05, 0.1) is 11.2 Å². The molecule has 0 bridgehead atoms. The van der Waals surface area contributed by atoms with Crippen LogP contribution in [0.5, 0.6) is 0 Å². The number of primary sulfonamides is 1. The zero-order valence-electron chi connectivity index (χ0n) is 11.8. The van der Waals surface area contributed by atoms with E-state index >= 15 is 0 Å². The number of amides is 1. The molecule has 1 aromatic heterocycles. The van der Waals surface area contributed by atoms with Crippen LogP contribution in [0.25, 0.3) is 0 Å². The van der Waals surface area contributed by atoms with Crippen LogP contribution in [0.4, 0.5) is 5.69 Å². The van der Waals surface area contributed by atoms with Crippen molar-refractivity contribution in [2.75, 3.05) is 5.32 Å². The first-order chi connectivity index (χ1) is 10.4. The summed E-state index contributed by atoms with van der Waals surface area (Å²) in [6.07, 6.45) is 4.96. The average Bonchev–Trinajstić information content (AvgIpc) is 2.94. The first-order valence-electron chi connectivity index (χ1n) is 6.86. The fourth-order valence-electron chi connectivity index (χ4n) is 2.56. The largest absolute Gasteiger partial charge is 0.335 e. The van der Waals surface area contributed by atoms with Crippen LogP contribution >= 0.6 is 0 Å². The predicted octanol–water partition coefficient (Wildman–Crippen LogP) is 0.732.